The first kappa shape index (κ1) is 14.9. The molecule has 1 unspecified atom stereocenters. The summed E-state index contributed by atoms with van der Waals surface area (Å²) in [7, 11) is 0. The summed E-state index contributed by atoms with van der Waals surface area (Å²) in [6, 6.07) is 10.4. The minimum absolute atomic E-state index is 0.156. The van der Waals surface area contributed by atoms with Gasteiger partial charge in [0.1, 0.15) is 0 Å². The molecule has 0 aliphatic heterocycles. The van der Waals surface area contributed by atoms with Crippen molar-refractivity contribution >= 4 is 21.9 Å². The number of benzene rings is 1. The number of hydrogen-bond acceptors (Lipinski definition) is 4. The SMILES string of the molecule is CC(CCO)N(Cc1ccccc1)c1ncc(Br)cn1. The monoisotopic (exact) mass is 335 g/mol. The number of halogens is 1. The van der Waals surface area contributed by atoms with Crippen molar-refractivity contribution in [2.75, 3.05) is 11.5 Å². The van der Waals surface area contributed by atoms with Gasteiger partial charge in [0.2, 0.25) is 5.95 Å². The Morgan fingerprint density at radius 2 is 1.85 bits per heavy atom. The third-order valence-corrected chi connectivity index (χ3v) is 3.55. The van der Waals surface area contributed by atoms with Gasteiger partial charge >= 0.3 is 0 Å². The first-order valence-electron chi connectivity index (χ1n) is 6.59. The van der Waals surface area contributed by atoms with E-state index in [0.717, 1.165) is 11.0 Å². The van der Waals surface area contributed by atoms with E-state index in [9.17, 15) is 0 Å². The number of aliphatic hydroxyl groups is 1. The Morgan fingerprint density at radius 1 is 1.20 bits per heavy atom. The zero-order valence-electron chi connectivity index (χ0n) is 11.4. The third-order valence-electron chi connectivity index (χ3n) is 3.14. The molecule has 0 bridgehead atoms. The Kier molecular flexibility index (Phi) is 5.49. The van der Waals surface area contributed by atoms with E-state index in [4.69, 9.17) is 5.11 Å². The maximum atomic E-state index is 9.17. The van der Waals surface area contributed by atoms with Crippen molar-refractivity contribution in [3.8, 4) is 0 Å². The molecule has 0 aliphatic carbocycles. The Labute approximate surface area is 127 Å². The fraction of sp³-hybridized carbons (Fsp3) is 0.333. The molecule has 0 spiro atoms. The fourth-order valence-corrected chi connectivity index (χ4v) is 2.20. The quantitative estimate of drug-likeness (QED) is 0.881. The van der Waals surface area contributed by atoms with Crippen LogP contribution in [-0.4, -0.2) is 27.7 Å². The van der Waals surface area contributed by atoms with Crippen LogP contribution in [0.5, 0.6) is 0 Å². The fourth-order valence-electron chi connectivity index (χ4n) is 2.00. The second-order valence-corrected chi connectivity index (χ2v) is 5.59. The molecule has 0 fully saturated rings. The van der Waals surface area contributed by atoms with Crippen LogP contribution in [0.3, 0.4) is 0 Å². The van der Waals surface area contributed by atoms with Crippen molar-refractivity contribution in [1.29, 1.82) is 0 Å². The second kappa shape index (κ2) is 7.36. The maximum Gasteiger partial charge on any atom is 0.225 e. The molecule has 0 amide bonds. The van der Waals surface area contributed by atoms with Crippen molar-refractivity contribution in [1.82, 2.24) is 9.97 Å². The van der Waals surface area contributed by atoms with Gasteiger partial charge in [-0.3, -0.25) is 0 Å². The number of aliphatic hydroxyl groups excluding tert-OH is 1. The summed E-state index contributed by atoms with van der Waals surface area (Å²) < 4.78 is 0.857. The number of nitrogens with zero attached hydrogens (tertiary/aromatic N) is 3. The lowest BCUT2D eigenvalue weighted by Crippen LogP contribution is -2.34. The molecule has 2 aromatic rings. The molecule has 1 heterocycles. The Morgan fingerprint density at radius 3 is 2.45 bits per heavy atom. The Bertz CT molecular complexity index is 518. The van der Waals surface area contributed by atoms with Crippen LogP contribution in [0.1, 0.15) is 18.9 Å². The van der Waals surface area contributed by atoms with Gasteiger partial charge in [0.15, 0.2) is 0 Å². The lowest BCUT2D eigenvalue weighted by Gasteiger charge is -2.29. The largest absolute Gasteiger partial charge is 0.396 e. The van der Waals surface area contributed by atoms with Gasteiger partial charge < -0.3 is 10.0 Å². The van der Waals surface area contributed by atoms with Crippen LogP contribution in [0.25, 0.3) is 0 Å². The molecular weight excluding hydrogens is 318 g/mol. The predicted octanol–water partition coefficient (Wildman–Crippen LogP) is 3.02. The van der Waals surface area contributed by atoms with E-state index >= 15 is 0 Å². The summed E-state index contributed by atoms with van der Waals surface area (Å²) in [4.78, 5) is 10.8. The number of hydrogen-bond donors (Lipinski definition) is 1. The first-order valence-corrected chi connectivity index (χ1v) is 7.39. The molecule has 5 heteroatoms. The van der Waals surface area contributed by atoms with E-state index in [2.05, 4.69) is 49.9 Å². The lowest BCUT2D eigenvalue weighted by molar-refractivity contribution is 0.275. The van der Waals surface area contributed by atoms with Crippen LogP contribution >= 0.6 is 15.9 Å². The smallest absolute Gasteiger partial charge is 0.225 e. The highest BCUT2D eigenvalue weighted by molar-refractivity contribution is 9.10. The zero-order chi connectivity index (χ0) is 14.4. The molecule has 1 N–H and O–H groups in total. The molecule has 0 saturated carbocycles. The van der Waals surface area contributed by atoms with Crippen molar-refractivity contribution in [2.45, 2.75) is 25.9 Å². The van der Waals surface area contributed by atoms with Gasteiger partial charge in [-0.1, -0.05) is 30.3 Å². The number of aromatic nitrogens is 2. The average molecular weight is 336 g/mol. The third kappa shape index (κ3) is 4.02. The predicted molar refractivity (Wildman–Crippen MR) is 83.5 cm³/mol. The van der Waals surface area contributed by atoms with Crippen LogP contribution in [0.15, 0.2) is 47.2 Å². The van der Waals surface area contributed by atoms with Gasteiger partial charge in [0, 0.05) is 31.6 Å². The topological polar surface area (TPSA) is 49.2 Å². The first-order chi connectivity index (χ1) is 9.70. The van der Waals surface area contributed by atoms with E-state index in [1.54, 1.807) is 12.4 Å². The molecule has 4 nitrogen and oxygen atoms in total. The molecule has 0 aliphatic rings. The minimum atomic E-state index is 0.156. The van der Waals surface area contributed by atoms with Gasteiger partial charge in [-0.15, -0.1) is 0 Å². The van der Waals surface area contributed by atoms with E-state index < -0.39 is 0 Å². The lowest BCUT2D eigenvalue weighted by atomic mass is 10.1. The second-order valence-electron chi connectivity index (χ2n) is 4.68. The van der Waals surface area contributed by atoms with E-state index in [0.29, 0.717) is 12.4 Å². The standard InChI is InChI=1S/C15H18BrN3O/c1-12(7-8-20)19(11-13-5-3-2-4-6-13)15-17-9-14(16)10-18-15/h2-6,9-10,12,20H,7-8,11H2,1H3. The molecule has 0 radical (unpaired) electrons. The van der Waals surface area contributed by atoms with Gasteiger partial charge in [-0.25, -0.2) is 9.97 Å². The summed E-state index contributed by atoms with van der Waals surface area (Å²) in [5.74, 6) is 0.679. The molecule has 20 heavy (non-hydrogen) atoms. The van der Waals surface area contributed by atoms with Crippen molar-refractivity contribution in [3.63, 3.8) is 0 Å². The molecule has 1 aromatic heterocycles. The molecule has 0 saturated heterocycles. The summed E-state index contributed by atoms with van der Waals surface area (Å²) >= 11 is 3.35. The zero-order valence-corrected chi connectivity index (χ0v) is 13.0. The average Bonchev–Trinajstić information content (AvgIpc) is 2.47. The highest BCUT2D eigenvalue weighted by Crippen LogP contribution is 2.18. The summed E-state index contributed by atoms with van der Waals surface area (Å²) in [5, 5.41) is 9.17. The summed E-state index contributed by atoms with van der Waals surface area (Å²) in [5.41, 5.74) is 1.20. The Hall–Kier alpha value is -1.46. The molecule has 106 valence electrons. The minimum Gasteiger partial charge on any atom is -0.396 e. The van der Waals surface area contributed by atoms with E-state index in [1.165, 1.54) is 5.56 Å². The number of anilines is 1. The van der Waals surface area contributed by atoms with E-state index in [-0.39, 0.29) is 12.6 Å². The van der Waals surface area contributed by atoms with Crippen LogP contribution < -0.4 is 4.90 Å². The molecule has 1 aromatic carbocycles. The molecule has 2 rings (SSSR count). The van der Waals surface area contributed by atoms with Crippen molar-refractivity contribution < 1.29 is 5.11 Å². The highest BCUT2D eigenvalue weighted by Gasteiger charge is 2.17. The molecular formula is C15H18BrN3O. The van der Waals surface area contributed by atoms with Crippen molar-refractivity contribution in [2.24, 2.45) is 0 Å². The van der Waals surface area contributed by atoms with E-state index in [1.807, 2.05) is 18.2 Å². The van der Waals surface area contributed by atoms with Gasteiger partial charge in [-0.05, 0) is 34.8 Å². The number of rotatable bonds is 6. The Balaban J connectivity index is 2.22. The summed E-state index contributed by atoms with van der Waals surface area (Å²) in [6.07, 6.45) is 4.17. The summed E-state index contributed by atoms with van der Waals surface area (Å²) in [6.45, 7) is 2.96. The maximum absolute atomic E-state index is 9.17. The van der Waals surface area contributed by atoms with Crippen molar-refractivity contribution in [3.05, 3.63) is 52.8 Å². The van der Waals surface area contributed by atoms with Crippen LogP contribution in [0, 0.1) is 0 Å². The normalized spacial score (nSPS) is 12.2. The van der Waals surface area contributed by atoms with Crippen LogP contribution in [-0.2, 0) is 6.54 Å². The van der Waals surface area contributed by atoms with Gasteiger partial charge in [0.05, 0.1) is 4.47 Å². The highest BCUT2D eigenvalue weighted by atomic mass is 79.9. The van der Waals surface area contributed by atoms with Crippen LogP contribution in [0.2, 0.25) is 0 Å². The van der Waals surface area contributed by atoms with Crippen LogP contribution in [0.4, 0.5) is 5.95 Å². The molecule has 1 atom stereocenters. The van der Waals surface area contributed by atoms with Gasteiger partial charge in [0.25, 0.3) is 0 Å². The van der Waals surface area contributed by atoms with Gasteiger partial charge in [-0.2, -0.15) is 0 Å².